The van der Waals surface area contributed by atoms with Crippen molar-refractivity contribution in [1.82, 2.24) is 4.90 Å². The van der Waals surface area contributed by atoms with Crippen molar-refractivity contribution in [3.8, 4) is 5.75 Å². The van der Waals surface area contributed by atoms with Gasteiger partial charge in [-0.3, -0.25) is 4.79 Å². The number of nitrogens with two attached hydrogens (primary N) is 1. The van der Waals surface area contributed by atoms with Gasteiger partial charge in [0.25, 0.3) is 0 Å². The van der Waals surface area contributed by atoms with Crippen LogP contribution in [0.2, 0.25) is 0 Å². The summed E-state index contributed by atoms with van der Waals surface area (Å²) in [5, 5.41) is 0. The highest BCUT2D eigenvalue weighted by Gasteiger charge is 2.49. The number of aryl methyl sites for hydroxylation is 1. The first-order chi connectivity index (χ1) is 10.8. The van der Waals surface area contributed by atoms with E-state index in [9.17, 15) is 18.0 Å². The summed E-state index contributed by atoms with van der Waals surface area (Å²) in [5.41, 5.74) is 7.39. The van der Waals surface area contributed by atoms with Crippen molar-refractivity contribution < 1.29 is 22.7 Å². The smallest absolute Gasteiger partial charge is 0.395 e. The quantitative estimate of drug-likeness (QED) is 0.902. The molecule has 1 fully saturated rings. The van der Waals surface area contributed by atoms with E-state index in [-0.39, 0.29) is 25.4 Å². The number of carbonyl (C=O) groups excluding carboxylic acids is 1. The third-order valence-corrected chi connectivity index (χ3v) is 4.47. The van der Waals surface area contributed by atoms with Gasteiger partial charge in [0.1, 0.15) is 5.75 Å². The normalized spacial score (nSPS) is 24.3. The molecule has 0 aromatic heterocycles. The lowest BCUT2D eigenvalue weighted by molar-refractivity contribution is -0.173. The van der Waals surface area contributed by atoms with E-state index < -0.39 is 18.1 Å². The van der Waals surface area contributed by atoms with E-state index in [4.69, 9.17) is 10.5 Å². The minimum Gasteiger partial charge on any atom is -0.493 e. The maximum Gasteiger partial charge on any atom is 0.395 e. The fraction of sp³-hybridized carbons (Fsp3) is 0.562. The van der Waals surface area contributed by atoms with Gasteiger partial charge in [-0.2, -0.15) is 13.2 Å². The van der Waals surface area contributed by atoms with E-state index in [1.807, 2.05) is 12.1 Å². The van der Waals surface area contributed by atoms with Crippen LogP contribution in [0.15, 0.2) is 18.2 Å². The maximum absolute atomic E-state index is 12.8. The third kappa shape index (κ3) is 3.44. The number of nitrogens with zero attached hydrogens (tertiary/aromatic N) is 1. The molecule has 2 aliphatic heterocycles. The Hall–Kier alpha value is -1.76. The average molecular weight is 328 g/mol. The number of ether oxygens (including phenoxy) is 1. The Balaban J connectivity index is 1.66. The summed E-state index contributed by atoms with van der Waals surface area (Å²) in [5.74, 6) is -1.12. The topological polar surface area (TPSA) is 55.6 Å². The van der Waals surface area contributed by atoms with Gasteiger partial charge in [0.05, 0.1) is 18.9 Å². The lowest BCUT2D eigenvalue weighted by atomic mass is 10.0. The summed E-state index contributed by atoms with van der Waals surface area (Å²) in [6.45, 7) is 0.296. The molecule has 0 saturated carbocycles. The van der Waals surface area contributed by atoms with Crippen LogP contribution in [-0.4, -0.2) is 42.7 Å². The van der Waals surface area contributed by atoms with Crippen molar-refractivity contribution in [3.05, 3.63) is 29.3 Å². The summed E-state index contributed by atoms with van der Waals surface area (Å²) < 4.78 is 44.0. The number of fused-ring (bicyclic) bond motifs is 1. The zero-order valence-electron chi connectivity index (χ0n) is 12.6. The Morgan fingerprint density at radius 1 is 1.35 bits per heavy atom. The molecule has 0 radical (unpaired) electrons. The van der Waals surface area contributed by atoms with Gasteiger partial charge in [-0.15, -0.1) is 0 Å². The SMILES string of the molecule is N[C@@H]1CN(C(=O)Cc2ccc3c(c2)CCCO3)C[C@H]1C(F)(F)F. The van der Waals surface area contributed by atoms with Crippen molar-refractivity contribution in [3.63, 3.8) is 0 Å². The highest BCUT2D eigenvalue weighted by Crippen LogP contribution is 2.33. The number of rotatable bonds is 2. The van der Waals surface area contributed by atoms with Crippen LogP contribution in [0.5, 0.6) is 5.75 Å². The highest BCUT2D eigenvalue weighted by atomic mass is 19.4. The van der Waals surface area contributed by atoms with Crippen LogP contribution in [0, 0.1) is 5.92 Å². The molecular formula is C16H19F3N2O2. The molecule has 0 bridgehead atoms. The van der Waals surface area contributed by atoms with Crippen LogP contribution in [-0.2, 0) is 17.6 Å². The van der Waals surface area contributed by atoms with Crippen LogP contribution >= 0.6 is 0 Å². The van der Waals surface area contributed by atoms with E-state index >= 15 is 0 Å². The fourth-order valence-electron chi connectivity index (χ4n) is 3.19. The molecule has 3 rings (SSSR count). The summed E-state index contributed by atoms with van der Waals surface area (Å²) in [6.07, 6.45) is -2.46. The molecule has 23 heavy (non-hydrogen) atoms. The molecule has 1 saturated heterocycles. The van der Waals surface area contributed by atoms with Gasteiger partial charge in [0.15, 0.2) is 0 Å². The second-order valence-electron chi connectivity index (χ2n) is 6.18. The monoisotopic (exact) mass is 328 g/mol. The molecule has 126 valence electrons. The second kappa shape index (κ2) is 6.03. The van der Waals surface area contributed by atoms with Crippen LogP contribution in [0.1, 0.15) is 17.5 Å². The molecule has 0 spiro atoms. The van der Waals surface area contributed by atoms with Gasteiger partial charge in [0, 0.05) is 19.1 Å². The number of hydrogen-bond donors (Lipinski definition) is 1. The first kappa shape index (κ1) is 16.1. The van der Waals surface area contributed by atoms with E-state index in [1.165, 1.54) is 4.90 Å². The number of likely N-dealkylation sites (tertiary alicyclic amines) is 1. The van der Waals surface area contributed by atoms with Gasteiger partial charge >= 0.3 is 6.18 Å². The molecule has 2 N–H and O–H groups in total. The Bertz CT molecular complexity index is 603. The average Bonchev–Trinajstić information content (AvgIpc) is 2.89. The molecule has 0 aliphatic carbocycles. The predicted octanol–water partition coefficient (Wildman–Crippen LogP) is 1.90. The van der Waals surface area contributed by atoms with Crippen molar-refractivity contribution in [2.24, 2.45) is 11.7 Å². The minimum atomic E-state index is -4.36. The van der Waals surface area contributed by atoms with Gasteiger partial charge in [-0.05, 0) is 30.0 Å². The number of benzene rings is 1. The number of alkyl halides is 3. The molecular weight excluding hydrogens is 309 g/mol. The molecule has 2 aliphatic rings. The highest BCUT2D eigenvalue weighted by molar-refractivity contribution is 5.79. The van der Waals surface area contributed by atoms with Crippen LogP contribution in [0.25, 0.3) is 0 Å². The van der Waals surface area contributed by atoms with Crippen LogP contribution in [0.4, 0.5) is 13.2 Å². The minimum absolute atomic E-state index is 0.0446. The molecule has 7 heteroatoms. The van der Waals surface area contributed by atoms with Crippen LogP contribution < -0.4 is 10.5 Å². The molecule has 1 aromatic carbocycles. The third-order valence-electron chi connectivity index (χ3n) is 4.47. The Labute approximate surface area is 132 Å². The van der Waals surface area contributed by atoms with Gasteiger partial charge in [-0.25, -0.2) is 0 Å². The molecule has 2 heterocycles. The first-order valence-corrected chi connectivity index (χ1v) is 7.69. The lowest BCUT2D eigenvalue weighted by Crippen LogP contribution is -2.38. The summed E-state index contributed by atoms with van der Waals surface area (Å²) in [7, 11) is 0. The van der Waals surface area contributed by atoms with Crippen molar-refractivity contribution in [2.75, 3.05) is 19.7 Å². The maximum atomic E-state index is 12.8. The molecule has 1 amide bonds. The van der Waals surface area contributed by atoms with E-state index in [2.05, 4.69) is 0 Å². The van der Waals surface area contributed by atoms with E-state index in [1.54, 1.807) is 6.07 Å². The van der Waals surface area contributed by atoms with Crippen molar-refractivity contribution in [2.45, 2.75) is 31.5 Å². The van der Waals surface area contributed by atoms with Crippen molar-refractivity contribution >= 4 is 5.91 Å². The number of amides is 1. The molecule has 1 aromatic rings. The number of carbonyl (C=O) groups is 1. The van der Waals surface area contributed by atoms with E-state index in [0.29, 0.717) is 6.61 Å². The zero-order valence-corrected chi connectivity index (χ0v) is 12.6. The molecule has 2 atom stereocenters. The summed E-state index contributed by atoms with van der Waals surface area (Å²) in [4.78, 5) is 13.5. The molecule has 4 nitrogen and oxygen atoms in total. The predicted molar refractivity (Wildman–Crippen MR) is 78.1 cm³/mol. The first-order valence-electron chi connectivity index (χ1n) is 7.69. The number of halogens is 3. The summed E-state index contributed by atoms with van der Waals surface area (Å²) >= 11 is 0. The summed E-state index contributed by atoms with van der Waals surface area (Å²) in [6, 6.07) is 4.48. The van der Waals surface area contributed by atoms with Crippen LogP contribution in [0.3, 0.4) is 0 Å². The van der Waals surface area contributed by atoms with Crippen molar-refractivity contribution in [1.29, 1.82) is 0 Å². The largest absolute Gasteiger partial charge is 0.493 e. The standard InChI is InChI=1S/C16H19F3N2O2/c17-16(18,19)12-8-21(9-13(12)20)15(22)7-10-3-4-14-11(6-10)2-1-5-23-14/h3-4,6,12-13H,1-2,5,7-9,20H2/t12-,13-/m1/s1. The van der Waals surface area contributed by atoms with Gasteiger partial charge in [-0.1, -0.05) is 12.1 Å². The second-order valence-corrected chi connectivity index (χ2v) is 6.18. The number of hydrogen-bond acceptors (Lipinski definition) is 3. The Morgan fingerprint density at radius 3 is 2.83 bits per heavy atom. The van der Waals surface area contributed by atoms with Gasteiger partial charge in [0.2, 0.25) is 5.91 Å². The zero-order chi connectivity index (χ0) is 16.6. The Kier molecular flexibility index (Phi) is 4.23. The molecule has 0 unspecified atom stereocenters. The van der Waals surface area contributed by atoms with E-state index in [0.717, 1.165) is 29.7 Å². The van der Waals surface area contributed by atoms with Gasteiger partial charge < -0.3 is 15.4 Å². The Morgan fingerprint density at radius 2 is 2.13 bits per heavy atom. The fourth-order valence-corrected chi connectivity index (χ4v) is 3.19. The lowest BCUT2D eigenvalue weighted by Gasteiger charge is -2.20.